The number of anilines is 1. The van der Waals surface area contributed by atoms with E-state index in [4.69, 9.17) is 15.2 Å². The van der Waals surface area contributed by atoms with E-state index in [0.717, 1.165) is 6.54 Å². The second kappa shape index (κ2) is 5.59. The highest BCUT2D eigenvalue weighted by molar-refractivity contribution is 5.53. The molecule has 1 fully saturated rings. The second-order valence-corrected chi connectivity index (χ2v) is 5.25. The van der Waals surface area contributed by atoms with Crippen molar-refractivity contribution < 1.29 is 14.4 Å². The zero-order valence-electron chi connectivity index (χ0n) is 11.5. The van der Waals surface area contributed by atoms with Crippen molar-refractivity contribution in [1.82, 2.24) is 10.3 Å². The molecule has 1 aliphatic heterocycles. The SMILES string of the molecule is CC1(C)CNCC(COc2ccc([N+](=O)[O-])c(N)n2)O1. The van der Waals surface area contributed by atoms with Crippen molar-refractivity contribution in [3.05, 3.63) is 22.2 Å². The molecule has 2 heterocycles. The van der Waals surface area contributed by atoms with E-state index in [1.54, 1.807) is 0 Å². The van der Waals surface area contributed by atoms with Gasteiger partial charge in [0.05, 0.1) is 10.5 Å². The third-order valence-electron chi connectivity index (χ3n) is 2.90. The predicted octanol–water partition coefficient (Wildman–Crippen LogP) is 0.718. The Hall–Kier alpha value is -1.93. The lowest BCUT2D eigenvalue weighted by molar-refractivity contribution is -0.384. The minimum atomic E-state index is -0.581. The van der Waals surface area contributed by atoms with Crippen molar-refractivity contribution in [3.8, 4) is 5.88 Å². The van der Waals surface area contributed by atoms with Gasteiger partial charge in [-0.1, -0.05) is 0 Å². The molecule has 0 saturated carbocycles. The summed E-state index contributed by atoms with van der Waals surface area (Å²) in [5.74, 6) is 0.0931. The first-order valence-electron chi connectivity index (χ1n) is 6.30. The molecule has 1 aliphatic rings. The number of pyridine rings is 1. The molecule has 1 atom stereocenters. The van der Waals surface area contributed by atoms with Crippen LogP contribution < -0.4 is 15.8 Å². The smallest absolute Gasteiger partial charge is 0.311 e. The van der Waals surface area contributed by atoms with Crippen LogP contribution in [0.4, 0.5) is 11.5 Å². The highest BCUT2D eigenvalue weighted by atomic mass is 16.6. The number of nitro groups is 1. The van der Waals surface area contributed by atoms with Crippen molar-refractivity contribution in [3.63, 3.8) is 0 Å². The Balaban J connectivity index is 1.94. The number of nitrogens with zero attached hydrogens (tertiary/aromatic N) is 2. The Kier molecular flexibility index (Phi) is 4.05. The van der Waals surface area contributed by atoms with Crippen molar-refractivity contribution >= 4 is 11.5 Å². The summed E-state index contributed by atoms with van der Waals surface area (Å²) in [7, 11) is 0. The topological polar surface area (TPSA) is 113 Å². The quantitative estimate of drug-likeness (QED) is 0.618. The molecule has 110 valence electrons. The molecule has 1 aromatic rings. The van der Waals surface area contributed by atoms with Crippen LogP contribution in [0.15, 0.2) is 12.1 Å². The first-order valence-corrected chi connectivity index (χ1v) is 6.30. The monoisotopic (exact) mass is 282 g/mol. The second-order valence-electron chi connectivity index (χ2n) is 5.25. The molecule has 0 spiro atoms. The highest BCUT2D eigenvalue weighted by Gasteiger charge is 2.28. The van der Waals surface area contributed by atoms with Crippen molar-refractivity contribution in [2.75, 3.05) is 25.4 Å². The Morgan fingerprint density at radius 2 is 2.40 bits per heavy atom. The average Bonchev–Trinajstić information content (AvgIpc) is 2.35. The summed E-state index contributed by atoms with van der Waals surface area (Å²) in [6.07, 6.45) is -0.100. The molecule has 0 bridgehead atoms. The minimum absolute atomic E-state index is 0.100. The summed E-state index contributed by atoms with van der Waals surface area (Å²) in [6, 6.07) is 2.71. The molecule has 1 saturated heterocycles. The molecule has 1 aromatic heterocycles. The molecule has 0 aliphatic carbocycles. The van der Waals surface area contributed by atoms with Gasteiger partial charge in [-0.25, -0.2) is 0 Å². The summed E-state index contributed by atoms with van der Waals surface area (Å²) in [5, 5.41) is 13.9. The van der Waals surface area contributed by atoms with E-state index < -0.39 is 4.92 Å². The van der Waals surface area contributed by atoms with Gasteiger partial charge in [0.25, 0.3) is 0 Å². The van der Waals surface area contributed by atoms with E-state index in [0.29, 0.717) is 13.2 Å². The van der Waals surface area contributed by atoms with Gasteiger partial charge in [0.1, 0.15) is 12.7 Å². The van der Waals surface area contributed by atoms with E-state index in [-0.39, 0.29) is 29.1 Å². The van der Waals surface area contributed by atoms with Gasteiger partial charge in [0.15, 0.2) is 0 Å². The summed E-state index contributed by atoms with van der Waals surface area (Å²) in [6.45, 7) is 5.77. The van der Waals surface area contributed by atoms with Crippen LogP contribution in [-0.4, -0.2) is 41.3 Å². The average molecular weight is 282 g/mol. The van der Waals surface area contributed by atoms with Crippen LogP contribution in [0.1, 0.15) is 13.8 Å². The van der Waals surface area contributed by atoms with Gasteiger partial charge >= 0.3 is 5.69 Å². The Labute approximate surface area is 116 Å². The fourth-order valence-corrected chi connectivity index (χ4v) is 2.02. The van der Waals surface area contributed by atoms with Crippen molar-refractivity contribution in [2.45, 2.75) is 25.6 Å². The van der Waals surface area contributed by atoms with Crippen LogP contribution in [0.5, 0.6) is 5.88 Å². The summed E-state index contributed by atoms with van der Waals surface area (Å²) in [4.78, 5) is 13.9. The molecular formula is C12H18N4O4. The Morgan fingerprint density at radius 1 is 1.65 bits per heavy atom. The molecule has 2 rings (SSSR count). The lowest BCUT2D eigenvalue weighted by Gasteiger charge is -2.36. The fraction of sp³-hybridized carbons (Fsp3) is 0.583. The van der Waals surface area contributed by atoms with Crippen LogP contribution in [0.25, 0.3) is 0 Å². The van der Waals surface area contributed by atoms with E-state index in [1.807, 2.05) is 13.8 Å². The molecule has 0 aromatic carbocycles. The molecule has 0 radical (unpaired) electrons. The van der Waals surface area contributed by atoms with Crippen LogP contribution in [0.2, 0.25) is 0 Å². The van der Waals surface area contributed by atoms with Gasteiger partial charge in [0.2, 0.25) is 11.7 Å². The number of nitrogens with two attached hydrogens (primary N) is 1. The van der Waals surface area contributed by atoms with Gasteiger partial charge < -0.3 is 20.5 Å². The molecule has 20 heavy (non-hydrogen) atoms. The predicted molar refractivity (Wildman–Crippen MR) is 72.6 cm³/mol. The van der Waals surface area contributed by atoms with Crippen LogP contribution in [0, 0.1) is 10.1 Å². The highest BCUT2D eigenvalue weighted by Crippen LogP contribution is 2.22. The molecule has 8 nitrogen and oxygen atoms in total. The van der Waals surface area contributed by atoms with E-state index in [9.17, 15) is 10.1 Å². The van der Waals surface area contributed by atoms with Crippen LogP contribution >= 0.6 is 0 Å². The number of morpholine rings is 1. The number of hydrogen-bond donors (Lipinski definition) is 2. The molecular weight excluding hydrogens is 264 g/mol. The normalized spacial score (nSPS) is 21.4. The van der Waals surface area contributed by atoms with Gasteiger partial charge in [-0.3, -0.25) is 10.1 Å². The number of nitrogen functional groups attached to an aromatic ring is 1. The van der Waals surface area contributed by atoms with Gasteiger partial charge in [-0.05, 0) is 13.8 Å². The first kappa shape index (κ1) is 14.5. The standard InChI is InChI=1S/C12H18N4O4/c1-12(2)7-14-5-8(20-12)6-19-10-4-3-9(16(17)18)11(13)15-10/h3-4,8,14H,5-7H2,1-2H3,(H2,13,15). The largest absolute Gasteiger partial charge is 0.475 e. The summed E-state index contributed by atoms with van der Waals surface area (Å²) >= 11 is 0. The third-order valence-corrected chi connectivity index (χ3v) is 2.90. The molecule has 3 N–H and O–H groups in total. The maximum Gasteiger partial charge on any atom is 0.311 e. The molecule has 8 heteroatoms. The van der Waals surface area contributed by atoms with Crippen molar-refractivity contribution in [1.29, 1.82) is 0 Å². The summed E-state index contributed by atoms with van der Waals surface area (Å²) in [5.41, 5.74) is 5.03. The lowest BCUT2D eigenvalue weighted by Crippen LogP contribution is -2.52. The maximum atomic E-state index is 10.6. The third kappa shape index (κ3) is 3.55. The van der Waals surface area contributed by atoms with Gasteiger partial charge in [-0.15, -0.1) is 0 Å². The molecule has 1 unspecified atom stereocenters. The number of rotatable bonds is 4. The van der Waals surface area contributed by atoms with E-state index in [2.05, 4.69) is 10.3 Å². The lowest BCUT2D eigenvalue weighted by atomic mass is 10.1. The Morgan fingerprint density at radius 3 is 3.00 bits per heavy atom. The van der Waals surface area contributed by atoms with Crippen LogP contribution in [-0.2, 0) is 4.74 Å². The zero-order valence-corrected chi connectivity index (χ0v) is 11.5. The van der Waals surface area contributed by atoms with Crippen LogP contribution in [0.3, 0.4) is 0 Å². The van der Waals surface area contributed by atoms with Gasteiger partial charge in [0, 0.05) is 25.2 Å². The number of aromatic nitrogens is 1. The van der Waals surface area contributed by atoms with E-state index in [1.165, 1.54) is 12.1 Å². The molecule has 0 amide bonds. The minimum Gasteiger partial charge on any atom is -0.475 e. The number of hydrogen-bond acceptors (Lipinski definition) is 7. The Bertz CT molecular complexity index is 506. The fourth-order valence-electron chi connectivity index (χ4n) is 2.02. The zero-order chi connectivity index (χ0) is 14.8. The number of ether oxygens (including phenoxy) is 2. The van der Waals surface area contributed by atoms with E-state index >= 15 is 0 Å². The summed E-state index contributed by atoms with van der Waals surface area (Å²) < 4.78 is 11.3. The van der Waals surface area contributed by atoms with Crippen molar-refractivity contribution in [2.24, 2.45) is 0 Å². The van der Waals surface area contributed by atoms with Gasteiger partial charge in [-0.2, -0.15) is 4.98 Å². The number of nitrogens with one attached hydrogen (secondary N) is 1. The first-order chi connectivity index (χ1) is 9.37. The maximum absolute atomic E-state index is 10.6.